The fraction of sp³-hybridized carbons (Fsp3) is 0.125. The van der Waals surface area contributed by atoms with Crippen molar-refractivity contribution in [3.8, 4) is 17.1 Å². The topological polar surface area (TPSA) is 89.2 Å². The van der Waals surface area contributed by atoms with Gasteiger partial charge in [-0.2, -0.15) is 5.10 Å². The zero-order valence-electron chi connectivity index (χ0n) is 17.1. The third kappa shape index (κ3) is 5.25. The van der Waals surface area contributed by atoms with Gasteiger partial charge < -0.3 is 15.1 Å². The first kappa shape index (κ1) is 21.4. The molecule has 0 radical (unpaired) electrons. The molecule has 8 heteroatoms. The highest BCUT2D eigenvalue weighted by molar-refractivity contribution is 6.30. The first-order valence-corrected chi connectivity index (χ1v) is 10.5. The van der Waals surface area contributed by atoms with E-state index in [2.05, 4.69) is 15.7 Å². The minimum atomic E-state index is -0.351. The molecule has 2 amide bonds. The van der Waals surface area contributed by atoms with Crippen LogP contribution in [0.1, 0.15) is 16.1 Å². The number of benzene rings is 2. The van der Waals surface area contributed by atoms with Gasteiger partial charge in [0.25, 0.3) is 5.91 Å². The number of carbonyl (C=O) groups excluding carboxylic acids is 2. The van der Waals surface area contributed by atoms with Gasteiger partial charge in [0.1, 0.15) is 5.69 Å². The van der Waals surface area contributed by atoms with E-state index >= 15 is 0 Å². The molecule has 0 bridgehead atoms. The third-order valence-electron chi connectivity index (χ3n) is 4.71. The number of hydrogen-bond donors (Lipinski definition) is 2. The number of amides is 2. The lowest BCUT2D eigenvalue weighted by Gasteiger charge is -2.07. The molecule has 162 valence electrons. The highest BCUT2D eigenvalue weighted by Crippen LogP contribution is 2.25. The standard InChI is InChI=1S/C24H21ClN4O3/c25-18-8-4-9-19(15-18)29-21(22-10-5-13-32-22)16-20(28-29)24(31)27-12-11-26-23(30)14-17-6-2-1-3-7-17/h1-10,13,15-16H,11-12,14H2,(H,26,30)(H,27,31). The van der Waals surface area contributed by atoms with Gasteiger partial charge in [0.2, 0.25) is 5.91 Å². The molecule has 0 aliphatic rings. The van der Waals surface area contributed by atoms with Crippen molar-refractivity contribution in [3.05, 3.63) is 95.3 Å². The van der Waals surface area contributed by atoms with E-state index in [1.54, 1.807) is 41.3 Å². The number of halogens is 1. The quantitative estimate of drug-likeness (QED) is 0.400. The monoisotopic (exact) mass is 448 g/mol. The van der Waals surface area contributed by atoms with E-state index in [0.717, 1.165) is 5.56 Å². The zero-order chi connectivity index (χ0) is 22.3. The first-order valence-electron chi connectivity index (χ1n) is 10.1. The fourth-order valence-corrected chi connectivity index (χ4v) is 3.39. The smallest absolute Gasteiger partial charge is 0.271 e. The summed E-state index contributed by atoms with van der Waals surface area (Å²) < 4.78 is 7.12. The maximum Gasteiger partial charge on any atom is 0.271 e. The number of aromatic nitrogens is 2. The second kappa shape index (κ2) is 9.98. The molecule has 2 aromatic heterocycles. The SMILES string of the molecule is O=C(Cc1ccccc1)NCCNC(=O)c1cc(-c2ccco2)n(-c2cccc(Cl)c2)n1. The maximum absolute atomic E-state index is 12.7. The van der Waals surface area contributed by atoms with Crippen LogP contribution in [0, 0.1) is 0 Å². The number of hydrogen-bond acceptors (Lipinski definition) is 4. The summed E-state index contributed by atoms with van der Waals surface area (Å²) in [4.78, 5) is 24.7. The normalized spacial score (nSPS) is 10.7. The van der Waals surface area contributed by atoms with Crippen LogP contribution >= 0.6 is 11.6 Å². The molecule has 0 spiro atoms. The molecule has 0 saturated carbocycles. The molecular formula is C24H21ClN4O3. The lowest BCUT2D eigenvalue weighted by Crippen LogP contribution is -2.35. The zero-order valence-corrected chi connectivity index (χ0v) is 17.9. The van der Waals surface area contributed by atoms with Crippen LogP contribution in [-0.4, -0.2) is 34.7 Å². The molecule has 32 heavy (non-hydrogen) atoms. The summed E-state index contributed by atoms with van der Waals surface area (Å²) in [6.07, 6.45) is 1.86. The van der Waals surface area contributed by atoms with E-state index in [-0.39, 0.29) is 24.1 Å². The lowest BCUT2D eigenvalue weighted by atomic mass is 10.1. The summed E-state index contributed by atoms with van der Waals surface area (Å²) in [5.74, 6) is 0.122. The molecule has 2 N–H and O–H groups in total. The third-order valence-corrected chi connectivity index (χ3v) is 4.94. The Morgan fingerprint density at radius 1 is 0.938 bits per heavy atom. The largest absolute Gasteiger partial charge is 0.463 e. The Morgan fingerprint density at radius 2 is 1.75 bits per heavy atom. The Morgan fingerprint density at radius 3 is 2.50 bits per heavy atom. The van der Waals surface area contributed by atoms with Crippen molar-refractivity contribution < 1.29 is 14.0 Å². The van der Waals surface area contributed by atoms with E-state index in [0.29, 0.717) is 35.1 Å². The summed E-state index contributed by atoms with van der Waals surface area (Å²) in [5.41, 5.74) is 2.49. The Bertz CT molecular complexity index is 1200. The van der Waals surface area contributed by atoms with Crippen molar-refractivity contribution in [1.82, 2.24) is 20.4 Å². The van der Waals surface area contributed by atoms with Gasteiger partial charge in [-0.25, -0.2) is 4.68 Å². The minimum Gasteiger partial charge on any atom is -0.463 e. The Labute approximate surface area is 190 Å². The summed E-state index contributed by atoms with van der Waals surface area (Å²) in [6, 6.07) is 21.9. The number of furan rings is 1. The molecule has 0 fully saturated rings. The van der Waals surface area contributed by atoms with E-state index in [9.17, 15) is 9.59 Å². The van der Waals surface area contributed by atoms with Crippen LogP contribution in [0.2, 0.25) is 5.02 Å². The Balaban J connectivity index is 1.39. The molecule has 0 aliphatic carbocycles. The average Bonchev–Trinajstić information content (AvgIpc) is 3.47. The highest BCUT2D eigenvalue weighted by atomic mass is 35.5. The molecule has 0 aliphatic heterocycles. The number of nitrogens with zero attached hydrogens (tertiary/aromatic N) is 2. The maximum atomic E-state index is 12.7. The van der Waals surface area contributed by atoms with Crippen molar-refractivity contribution in [3.63, 3.8) is 0 Å². The molecule has 4 aromatic rings. The van der Waals surface area contributed by atoms with Crippen molar-refractivity contribution in [2.75, 3.05) is 13.1 Å². The molecule has 7 nitrogen and oxygen atoms in total. The summed E-state index contributed by atoms with van der Waals surface area (Å²) in [5, 5.41) is 10.6. The van der Waals surface area contributed by atoms with Crippen LogP contribution < -0.4 is 10.6 Å². The summed E-state index contributed by atoms with van der Waals surface area (Å²) in [6.45, 7) is 0.594. The molecule has 0 atom stereocenters. The van der Waals surface area contributed by atoms with E-state index < -0.39 is 0 Å². The molecule has 2 aromatic carbocycles. The van der Waals surface area contributed by atoms with Gasteiger partial charge in [-0.15, -0.1) is 0 Å². The van der Waals surface area contributed by atoms with Crippen LogP contribution in [0.15, 0.2) is 83.5 Å². The number of nitrogens with one attached hydrogen (secondary N) is 2. The predicted molar refractivity (Wildman–Crippen MR) is 122 cm³/mol. The van der Waals surface area contributed by atoms with Crippen molar-refractivity contribution in [2.45, 2.75) is 6.42 Å². The van der Waals surface area contributed by atoms with Crippen LogP contribution in [0.25, 0.3) is 17.1 Å². The van der Waals surface area contributed by atoms with Gasteiger partial charge in [0.05, 0.1) is 18.4 Å². The minimum absolute atomic E-state index is 0.101. The van der Waals surface area contributed by atoms with Gasteiger partial charge in [-0.1, -0.05) is 48.0 Å². The van der Waals surface area contributed by atoms with Crippen LogP contribution in [-0.2, 0) is 11.2 Å². The van der Waals surface area contributed by atoms with Crippen molar-refractivity contribution >= 4 is 23.4 Å². The summed E-state index contributed by atoms with van der Waals surface area (Å²) in [7, 11) is 0. The van der Waals surface area contributed by atoms with Gasteiger partial charge in [-0.3, -0.25) is 9.59 Å². The fourth-order valence-electron chi connectivity index (χ4n) is 3.21. The van der Waals surface area contributed by atoms with Gasteiger partial charge in [0, 0.05) is 24.2 Å². The van der Waals surface area contributed by atoms with Gasteiger partial charge in [-0.05, 0) is 35.9 Å². The predicted octanol–water partition coefficient (Wildman–Crippen LogP) is 3.87. The van der Waals surface area contributed by atoms with Crippen LogP contribution in [0.4, 0.5) is 0 Å². The van der Waals surface area contributed by atoms with E-state index in [1.165, 1.54) is 0 Å². The first-order chi connectivity index (χ1) is 15.6. The lowest BCUT2D eigenvalue weighted by molar-refractivity contribution is -0.120. The van der Waals surface area contributed by atoms with Gasteiger partial charge >= 0.3 is 0 Å². The molecule has 2 heterocycles. The van der Waals surface area contributed by atoms with Crippen LogP contribution in [0.5, 0.6) is 0 Å². The van der Waals surface area contributed by atoms with Crippen molar-refractivity contribution in [1.29, 1.82) is 0 Å². The second-order valence-electron chi connectivity index (χ2n) is 7.05. The Kier molecular flexibility index (Phi) is 6.67. The molecular weight excluding hydrogens is 428 g/mol. The van der Waals surface area contributed by atoms with Crippen LogP contribution in [0.3, 0.4) is 0 Å². The number of carbonyl (C=O) groups is 2. The molecule has 4 rings (SSSR count). The summed E-state index contributed by atoms with van der Waals surface area (Å²) >= 11 is 6.12. The Hall–Kier alpha value is -3.84. The van der Waals surface area contributed by atoms with Gasteiger partial charge in [0.15, 0.2) is 11.5 Å². The molecule has 0 saturated heterocycles. The second-order valence-corrected chi connectivity index (χ2v) is 7.49. The molecule has 0 unspecified atom stereocenters. The number of rotatable bonds is 8. The van der Waals surface area contributed by atoms with Crippen molar-refractivity contribution in [2.24, 2.45) is 0 Å². The average molecular weight is 449 g/mol. The van der Waals surface area contributed by atoms with E-state index in [4.69, 9.17) is 16.0 Å². The highest BCUT2D eigenvalue weighted by Gasteiger charge is 2.18. The van der Waals surface area contributed by atoms with E-state index in [1.807, 2.05) is 42.5 Å².